The van der Waals surface area contributed by atoms with Crippen molar-refractivity contribution in [1.82, 2.24) is 19.4 Å². The summed E-state index contributed by atoms with van der Waals surface area (Å²) in [4.78, 5) is 4.12. The van der Waals surface area contributed by atoms with E-state index in [1.54, 1.807) is 37.3 Å². The second kappa shape index (κ2) is 8.98. The van der Waals surface area contributed by atoms with E-state index in [1.165, 1.54) is 10.5 Å². The molecule has 0 atom stereocenters. The first-order valence-electron chi connectivity index (χ1n) is 9.66. The Morgan fingerprint density at radius 1 is 1.21 bits per heavy atom. The van der Waals surface area contributed by atoms with Crippen LogP contribution in [0.2, 0.25) is 0 Å². The van der Waals surface area contributed by atoms with Gasteiger partial charge < -0.3 is 0 Å². The third kappa shape index (κ3) is 4.79. The number of hydrogen-bond acceptors (Lipinski definition) is 5. The number of thioether (sulfide) groups is 1. The van der Waals surface area contributed by atoms with Gasteiger partial charge in [-0.1, -0.05) is 18.2 Å². The fourth-order valence-corrected chi connectivity index (χ4v) is 6.03. The van der Waals surface area contributed by atoms with Gasteiger partial charge >= 0.3 is 0 Å². The van der Waals surface area contributed by atoms with E-state index in [0.717, 1.165) is 32.5 Å². The standard InChI is InChI=1S/C20H30N4O2S2/c1-15-20(16(2)23(3)22-15)28(25,26)21-13-17-9-11-24(12-10-17)14-18-7-5-6-8-19(18)27-4/h5-8,17,21H,9-14H2,1-4H3. The van der Waals surface area contributed by atoms with E-state index in [1.807, 2.05) is 0 Å². The maximum Gasteiger partial charge on any atom is 0.244 e. The van der Waals surface area contributed by atoms with E-state index in [-0.39, 0.29) is 0 Å². The summed E-state index contributed by atoms with van der Waals surface area (Å²) in [5, 5.41) is 4.22. The lowest BCUT2D eigenvalue weighted by atomic mass is 9.97. The van der Waals surface area contributed by atoms with Gasteiger partial charge in [-0.3, -0.25) is 9.58 Å². The van der Waals surface area contributed by atoms with Gasteiger partial charge in [-0.05, 0) is 63.6 Å². The van der Waals surface area contributed by atoms with Crippen molar-refractivity contribution in [2.75, 3.05) is 25.9 Å². The van der Waals surface area contributed by atoms with Crippen LogP contribution in [-0.4, -0.2) is 49.0 Å². The second-order valence-corrected chi connectivity index (χ2v) is 10.1. The lowest BCUT2D eigenvalue weighted by Crippen LogP contribution is -2.38. The normalized spacial score (nSPS) is 16.6. The Morgan fingerprint density at radius 2 is 1.89 bits per heavy atom. The van der Waals surface area contributed by atoms with Gasteiger partial charge in [-0.15, -0.1) is 11.8 Å². The van der Waals surface area contributed by atoms with Gasteiger partial charge in [0.2, 0.25) is 10.0 Å². The number of likely N-dealkylation sites (tertiary alicyclic amines) is 1. The molecule has 1 aliphatic heterocycles. The quantitative estimate of drug-likeness (QED) is 0.695. The molecule has 0 bridgehead atoms. The fourth-order valence-electron chi connectivity index (χ4n) is 3.87. The van der Waals surface area contributed by atoms with Gasteiger partial charge in [0.25, 0.3) is 0 Å². The number of nitrogens with zero attached hydrogens (tertiary/aromatic N) is 3. The Labute approximate surface area is 172 Å². The Balaban J connectivity index is 1.53. The number of rotatable bonds is 7. The van der Waals surface area contributed by atoms with Crippen LogP contribution < -0.4 is 4.72 Å². The summed E-state index contributed by atoms with van der Waals surface area (Å²) in [7, 11) is -1.75. The molecule has 0 aliphatic carbocycles. The van der Waals surface area contributed by atoms with Crippen LogP contribution in [0.1, 0.15) is 29.8 Å². The highest BCUT2D eigenvalue weighted by Gasteiger charge is 2.26. The molecule has 0 unspecified atom stereocenters. The third-order valence-electron chi connectivity index (χ3n) is 5.57. The first-order valence-corrected chi connectivity index (χ1v) is 12.4. The molecule has 1 aromatic carbocycles. The van der Waals surface area contributed by atoms with Crippen LogP contribution in [0.5, 0.6) is 0 Å². The van der Waals surface area contributed by atoms with Crippen molar-refractivity contribution in [3.8, 4) is 0 Å². The van der Waals surface area contributed by atoms with Crippen LogP contribution in [0.4, 0.5) is 0 Å². The average molecular weight is 423 g/mol. The van der Waals surface area contributed by atoms with Crippen LogP contribution in [0.15, 0.2) is 34.1 Å². The summed E-state index contributed by atoms with van der Waals surface area (Å²) in [5.41, 5.74) is 2.60. The van der Waals surface area contributed by atoms with Gasteiger partial charge in [-0.2, -0.15) is 5.10 Å². The van der Waals surface area contributed by atoms with E-state index >= 15 is 0 Å². The van der Waals surface area contributed by atoms with Gasteiger partial charge in [0.15, 0.2) is 0 Å². The molecule has 2 heterocycles. The lowest BCUT2D eigenvalue weighted by molar-refractivity contribution is 0.177. The fraction of sp³-hybridized carbons (Fsp3) is 0.550. The molecule has 28 heavy (non-hydrogen) atoms. The summed E-state index contributed by atoms with van der Waals surface area (Å²) in [6, 6.07) is 8.55. The molecule has 1 aliphatic rings. The minimum Gasteiger partial charge on any atom is -0.299 e. The van der Waals surface area contributed by atoms with E-state index in [9.17, 15) is 8.42 Å². The van der Waals surface area contributed by atoms with Gasteiger partial charge in [-0.25, -0.2) is 13.1 Å². The van der Waals surface area contributed by atoms with E-state index in [0.29, 0.717) is 28.7 Å². The van der Waals surface area contributed by atoms with E-state index < -0.39 is 10.0 Å². The first-order chi connectivity index (χ1) is 13.3. The average Bonchev–Trinajstić information content (AvgIpc) is 2.94. The molecule has 154 valence electrons. The molecule has 1 aromatic heterocycles. The van der Waals surface area contributed by atoms with Crippen molar-refractivity contribution >= 4 is 21.8 Å². The minimum atomic E-state index is -3.52. The zero-order valence-electron chi connectivity index (χ0n) is 17.1. The number of hydrogen-bond donors (Lipinski definition) is 1. The monoisotopic (exact) mass is 422 g/mol. The molecule has 1 N–H and O–H groups in total. The SMILES string of the molecule is CSc1ccccc1CN1CCC(CNS(=O)(=O)c2c(C)nn(C)c2C)CC1. The number of nitrogens with one attached hydrogen (secondary N) is 1. The maximum atomic E-state index is 12.7. The molecular formula is C20H30N4O2S2. The van der Waals surface area contributed by atoms with Crippen molar-refractivity contribution < 1.29 is 8.42 Å². The predicted molar refractivity (Wildman–Crippen MR) is 114 cm³/mol. The topological polar surface area (TPSA) is 67.2 Å². The van der Waals surface area contributed by atoms with Gasteiger partial charge in [0.05, 0.1) is 11.4 Å². The molecular weight excluding hydrogens is 392 g/mol. The number of benzene rings is 1. The third-order valence-corrected chi connectivity index (χ3v) is 8.08. The van der Waals surface area contributed by atoms with Crippen LogP contribution in [0.3, 0.4) is 0 Å². The Bertz CT molecular complexity index is 916. The molecule has 6 nitrogen and oxygen atoms in total. The molecule has 0 spiro atoms. The smallest absolute Gasteiger partial charge is 0.244 e. The highest BCUT2D eigenvalue weighted by Crippen LogP contribution is 2.25. The summed E-state index contributed by atoms with van der Waals surface area (Å²) < 4.78 is 29.9. The highest BCUT2D eigenvalue weighted by atomic mass is 32.2. The molecule has 0 radical (unpaired) electrons. The molecule has 0 amide bonds. The first kappa shape index (κ1) is 21.4. The minimum absolute atomic E-state index is 0.320. The van der Waals surface area contributed by atoms with Crippen molar-refractivity contribution in [2.24, 2.45) is 13.0 Å². The Hall–Kier alpha value is -1.35. The van der Waals surface area contributed by atoms with Gasteiger partial charge in [0, 0.05) is 25.0 Å². The van der Waals surface area contributed by atoms with E-state index in [2.05, 4.69) is 45.2 Å². The molecule has 3 rings (SSSR count). The van der Waals surface area contributed by atoms with Gasteiger partial charge in [0.1, 0.15) is 4.90 Å². The Morgan fingerprint density at radius 3 is 2.50 bits per heavy atom. The summed E-state index contributed by atoms with van der Waals surface area (Å²) in [6.07, 6.45) is 4.13. The molecule has 8 heteroatoms. The predicted octanol–water partition coefficient (Wildman–Crippen LogP) is 2.95. The van der Waals surface area contributed by atoms with E-state index in [4.69, 9.17) is 0 Å². The van der Waals surface area contributed by atoms with Crippen molar-refractivity contribution in [3.05, 3.63) is 41.2 Å². The zero-order valence-corrected chi connectivity index (χ0v) is 18.7. The summed E-state index contributed by atoms with van der Waals surface area (Å²) >= 11 is 1.79. The molecule has 1 saturated heterocycles. The largest absolute Gasteiger partial charge is 0.299 e. The number of sulfonamides is 1. The summed E-state index contributed by atoms with van der Waals surface area (Å²) in [5.74, 6) is 0.374. The molecule has 2 aromatic rings. The van der Waals surface area contributed by atoms with Crippen LogP contribution >= 0.6 is 11.8 Å². The summed E-state index contributed by atoms with van der Waals surface area (Å²) in [6.45, 7) is 6.99. The lowest BCUT2D eigenvalue weighted by Gasteiger charge is -2.32. The molecule has 0 saturated carbocycles. The zero-order chi connectivity index (χ0) is 20.3. The van der Waals surface area contributed by atoms with Crippen molar-refractivity contribution in [3.63, 3.8) is 0 Å². The highest BCUT2D eigenvalue weighted by molar-refractivity contribution is 7.98. The van der Waals surface area contributed by atoms with Crippen molar-refractivity contribution in [2.45, 2.75) is 43.0 Å². The van der Waals surface area contributed by atoms with Crippen LogP contribution in [0, 0.1) is 19.8 Å². The number of aryl methyl sites for hydroxylation is 2. The number of piperidine rings is 1. The maximum absolute atomic E-state index is 12.7. The molecule has 1 fully saturated rings. The van der Waals surface area contributed by atoms with Crippen molar-refractivity contribution in [1.29, 1.82) is 0 Å². The number of aromatic nitrogens is 2. The van der Waals surface area contributed by atoms with Crippen LogP contribution in [0.25, 0.3) is 0 Å². The van der Waals surface area contributed by atoms with Crippen LogP contribution in [-0.2, 0) is 23.6 Å². The Kier molecular flexibility index (Phi) is 6.85. The second-order valence-electron chi connectivity index (χ2n) is 7.51.